The van der Waals surface area contributed by atoms with Gasteiger partial charge in [0.15, 0.2) is 0 Å². The van der Waals surface area contributed by atoms with Crippen molar-refractivity contribution in [3.05, 3.63) is 22.8 Å². The predicted molar refractivity (Wildman–Crippen MR) is 80.7 cm³/mol. The maximum absolute atomic E-state index is 12.5. The molecule has 1 amide bonds. The van der Waals surface area contributed by atoms with Crippen molar-refractivity contribution in [1.82, 2.24) is 9.88 Å². The number of rotatable bonds is 4. The lowest BCUT2D eigenvalue weighted by Crippen LogP contribution is -2.50. The van der Waals surface area contributed by atoms with Crippen molar-refractivity contribution in [3.8, 4) is 0 Å². The van der Waals surface area contributed by atoms with Gasteiger partial charge in [-0.3, -0.25) is 4.79 Å². The van der Waals surface area contributed by atoms with Gasteiger partial charge >= 0.3 is 0 Å². The van der Waals surface area contributed by atoms with Crippen LogP contribution in [0.4, 0.5) is 5.82 Å². The van der Waals surface area contributed by atoms with Crippen LogP contribution in [0.25, 0.3) is 0 Å². The molecule has 2 N–H and O–H groups in total. The minimum atomic E-state index is -0.345. The molecule has 1 aliphatic rings. The van der Waals surface area contributed by atoms with E-state index in [0.29, 0.717) is 36.0 Å². The summed E-state index contributed by atoms with van der Waals surface area (Å²) < 4.78 is 5.53. The van der Waals surface area contributed by atoms with Crippen LogP contribution >= 0.6 is 11.6 Å². The number of nitrogens with zero attached hydrogens (tertiary/aromatic N) is 2. The van der Waals surface area contributed by atoms with Crippen LogP contribution in [0, 0.1) is 0 Å². The van der Waals surface area contributed by atoms with Gasteiger partial charge in [-0.1, -0.05) is 11.6 Å². The Morgan fingerprint density at radius 3 is 3.00 bits per heavy atom. The first kappa shape index (κ1) is 16.0. The van der Waals surface area contributed by atoms with Crippen molar-refractivity contribution in [1.29, 1.82) is 0 Å². The van der Waals surface area contributed by atoms with Crippen molar-refractivity contribution in [2.45, 2.75) is 26.1 Å². The number of morpholine rings is 1. The molecule has 2 atom stereocenters. The van der Waals surface area contributed by atoms with E-state index in [0.717, 1.165) is 0 Å². The lowest BCUT2D eigenvalue weighted by molar-refractivity contribution is -0.0858. The van der Waals surface area contributed by atoms with Gasteiger partial charge in [-0.05, 0) is 19.9 Å². The number of halogens is 1. The summed E-state index contributed by atoms with van der Waals surface area (Å²) in [5.74, 6) is 0.417. The van der Waals surface area contributed by atoms with E-state index in [1.165, 1.54) is 6.20 Å². The number of pyridine rings is 1. The molecule has 0 bridgehead atoms. The molecule has 2 unspecified atom stereocenters. The molecule has 6 nitrogen and oxygen atoms in total. The van der Waals surface area contributed by atoms with Crippen LogP contribution in [0.5, 0.6) is 0 Å². The second-order valence-corrected chi connectivity index (χ2v) is 5.45. The first-order chi connectivity index (χ1) is 10.0. The summed E-state index contributed by atoms with van der Waals surface area (Å²) in [6.45, 7) is 5.28. The van der Waals surface area contributed by atoms with Crippen molar-refractivity contribution in [2.75, 3.05) is 31.6 Å². The van der Waals surface area contributed by atoms with E-state index in [-0.39, 0.29) is 24.7 Å². The third-order valence-corrected chi connectivity index (χ3v) is 3.54. The van der Waals surface area contributed by atoms with E-state index in [9.17, 15) is 9.90 Å². The van der Waals surface area contributed by atoms with Crippen LogP contribution in [0.3, 0.4) is 0 Å². The number of aliphatic hydroxyl groups is 1. The molecule has 0 saturated carbocycles. The molecule has 116 valence electrons. The average molecular weight is 314 g/mol. The molecule has 0 radical (unpaired) electrons. The summed E-state index contributed by atoms with van der Waals surface area (Å²) >= 11 is 6.12. The zero-order valence-corrected chi connectivity index (χ0v) is 12.9. The highest BCUT2D eigenvalue weighted by atomic mass is 35.5. The Kier molecular flexibility index (Phi) is 5.39. The Morgan fingerprint density at radius 1 is 1.62 bits per heavy atom. The molecule has 0 aromatic carbocycles. The number of anilines is 1. The molecule has 2 rings (SSSR count). The maximum Gasteiger partial charge on any atom is 0.255 e. The third kappa shape index (κ3) is 3.84. The molecule has 1 fully saturated rings. The van der Waals surface area contributed by atoms with Gasteiger partial charge in [-0.15, -0.1) is 0 Å². The van der Waals surface area contributed by atoms with Crippen LogP contribution in [0.15, 0.2) is 12.3 Å². The molecular weight excluding hydrogens is 294 g/mol. The van der Waals surface area contributed by atoms with Gasteiger partial charge in [0, 0.05) is 25.8 Å². The summed E-state index contributed by atoms with van der Waals surface area (Å²) in [6, 6.07) is 1.61. The maximum atomic E-state index is 12.5. The van der Waals surface area contributed by atoms with Gasteiger partial charge in [0.2, 0.25) is 0 Å². The van der Waals surface area contributed by atoms with Crippen LogP contribution in [-0.2, 0) is 4.74 Å². The van der Waals surface area contributed by atoms with E-state index < -0.39 is 0 Å². The van der Waals surface area contributed by atoms with Gasteiger partial charge in [-0.2, -0.15) is 0 Å². The lowest BCUT2D eigenvalue weighted by atomic mass is 10.1. The molecule has 21 heavy (non-hydrogen) atoms. The van der Waals surface area contributed by atoms with Crippen LogP contribution in [-0.4, -0.2) is 59.3 Å². The van der Waals surface area contributed by atoms with E-state index in [1.807, 2.05) is 13.8 Å². The first-order valence-electron chi connectivity index (χ1n) is 7.00. The van der Waals surface area contributed by atoms with E-state index in [1.54, 1.807) is 11.0 Å². The molecule has 0 spiro atoms. The number of carbonyl (C=O) groups excluding carboxylic acids is 1. The van der Waals surface area contributed by atoms with Gasteiger partial charge in [-0.25, -0.2) is 4.98 Å². The summed E-state index contributed by atoms with van der Waals surface area (Å²) in [5.41, 5.74) is 0.437. The molecule has 2 heterocycles. The number of ether oxygens (including phenoxy) is 1. The summed E-state index contributed by atoms with van der Waals surface area (Å²) in [7, 11) is 0. The molecule has 7 heteroatoms. The van der Waals surface area contributed by atoms with Gasteiger partial charge in [0.05, 0.1) is 29.4 Å². The number of hydrogen-bond donors (Lipinski definition) is 2. The highest BCUT2D eigenvalue weighted by molar-refractivity contribution is 6.33. The van der Waals surface area contributed by atoms with Crippen LogP contribution in [0.1, 0.15) is 24.2 Å². The fraction of sp³-hybridized carbons (Fsp3) is 0.571. The Bertz CT molecular complexity index is 512. The van der Waals surface area contributed by atoms with Gasteiger partial charge in [0.1, 0.15) is 5.82 Å². The number of aromatic nitrogens is 1. The van der Waals surface area contributed by atoms with Crippen molar-refractivity contribution >= 4 is 23.3 Å². The topological polar surface area (TPSA) is 74.7 Å². The van der Waals surface area contributed by atoms with Crippen molar-refractivity contribution < 1.29 is 14.6 Å². The Balaban J connectivity index is 2.13. The monoisotopic (exact) mass is 313 g/mol. The highest BCUT2D eigenvalue weighted by Crippen LogP contribution is 2.22. The summed E-state index contributed by atoms with van der Waals surface area (Å²) in [5, 5.41) is 12.7. The number of amides is 1. The normalized spacial score (nSPS) is 22.2. The zero-order chi connectivity index (χ0) is 15.4. The Morgan fingerprint density at radius 2 is 2.38 bits per heavy atom. The quantitative estimate of drug-likeness (QED) is 0.878. The van der Waals surface area contributed by atoms with Gasteiger partial charge < -0.3 is 20.1 Å². The van der Waals surface area contributed by atoms with E-state index in [4.69, 9.17) is 16.3 Å². The minimum absolute atomic E-state index is 0.105. The predicted octanol–water partition coefficient (Wildman–Crippen LogP) is 1.39. The Labute approximate surface area is 129 Å². The second kappa shape index (κ2) is 7.06. The molecule has 1 aliphatic heterocycles. The molecule has 0 aliphatic carbocycles. The molecule has 1 aromatic rings. The molecule has 1 aromatic heterocycles. The van der Waals surface area contributed by atoms with Crippen LogP contribution < -0.4 is 5.32 Å². The number of nitrogens with one attached hydrogen (secondary N) is 1. The Hall–Kier alpha value is -1.37. The first-order valence-corrected chi connectivity index (χ1v) is 7.38. The zero-order valence-electron chi connectivity index (χ0n) is 12.2. The fourth-order valence-corrected chi connectivity index (χ4v) is 2.58. The average Bonchev–Trinajstić information content (AvgIpc) is 2.48. The van der Waals surface area contributed by atoms with Crippen molar-refractivity contribution in [3.63, 3.8) is 0 Å². The smallest absolute Gasteiger partial charge is 0.255 e. The van der Waals surface area contributed by atoms with E-state index >= 15 is 0 Å². The largest absolute Gasteiger partial charge is 0.394 e. The third-order valence-electron chi connectivity index (χ3n) is 3.25. The summed E-state index contributed by atoms with van der Waals surface area (Å²) in [6.07, 6.45) is 1.06. The van der Waals surface area contributed by atoms with Crippen LogP contribution in [0.2, 0.25) is 5.02 Å². The molecule has 1 saturated heterocycles. The number of hydrogen-bond acceptors (Lipinski definition) is 5. The minimum Gasteiger partial charge on any atom is -0.394 e. The highest BCUT2D eigenvalue weighted by Gasteiger charge is 2.28. The second-order valence-electron chi connectivity index (χ2n) is 5.05. The van der Waals surface area contributed by atoms with Gasteiger partial charge in [0.25, 0.3) is 5.91 Å². The fourth-order valence-electron chi connectivity index (χ4n) is 2.35. The van der Waals surface area contributed by atoms with E-state index in [2.05, 4.69) is 10.3 Å². The van der Waals surface area contributed by atoms with Crippen molar-refractivity contribution in [2.24, 2.45) is 0 Å². The molecular formula is C14H20ClN3O3. The number of carbonyl (C=O) groups is 1. The lowest BCUT2D eigenvalue weighted by Gasteiger charge is -2.36. The summed E-state index contributed by atoms with van der Waals surface area (Å²) in [4.78, 5) is 18.3. The standard InChI is InChI=1S/C14H20ClN3O3/c1-3-16-13-12(15)4-10(5-17-13)14(20)18-6-9(2)21-11(7-18)8-19/h4-5,9,11,19H,3,6-8H2,1-2H3,(H,16,17). The SMILES string of the molecule is CCNc1ncc(C(=O)N2CC(C)OC(CO)C2)cc1Cl. The number of aliphatic hydroxyl groups excluding tert-OH is 1.